The number of aliphatic hydroxyl groups excluding tert-OH is 1. The van der Waals surface area contributed by atoms with Crippen LogP contribution in [0.5, 0.6) is 0 Å². The van der Waals surface area contributed by atoms with Crippen molar-refractivity contribution in [2.45, 2.75) is 58.7 Å². The molecule has 1 aliphatic heterocycles. The molecule has 2 fully saturated rings. The van der Waals surface area contributed by atoms with Gasteiger partial charge in [0.25, 0.3) is 6.47 Å². The maximum absolute atomic E-state index is 12.4. The molecule has 3 atom stereocenters. The van der Waals surface area contributed by atoms with Gasteiger partial charge in [-0.25, -0.2) is 4.98 Å². The second-order valence-electron chi connectivity index (χ2n) is 7.78. The molecule has 2 aliphatic rings. The first-order chi connectivity index (χ1) is 13.7. The Labute approximate surface area is 173 Å². The van der Waals surface area contributed by atoms with Crippen LogP contribution in [0.25, 0.3) is 0 Å². The molecule has 0 unspecified atom stereocenters. The Morgan fingerprint density at radius 2 is 2.00 bits per heavy atom. The summed E-state index contributed by atoms with van der Waals surface area (Å²) in [6.07, 6.45) is 0.895. The van der Waals surface area contributed by atoms with Crippen molar-refractivity contribution < 1.29 is 29.3 Å². The summed E-state index contributed by atoms with van der Waals surface area (Å²) in [6.45, 7) is 6.84. The van der Waals surface area contributed by atoms with E-state index in [0.29, 0.717) is 39.0 Å². The summed E-state index contributed by atoms with van der Waals surface area (Å²) in [4.78, 5) is 38.6. The van der Waals surface area contributed by atoms with Crippen LogP contribution in [0, 0.1) is 25.2 Å². The van der Waals surface area contributed by atoms with E-state index in [-0.39, 0.29) is 30.2 Å². The Balaban J connectivity index is 0.000000941. The molecule has 9 nitrogen and oxygen atoms in total. The summed E-state index contributed by atoms with van der Waals surface area (Å²) in [5, 5.41) is 24.0. The minimum atomic E-state index is -0.711. The lowest BCUT2D eigenvalue weighted by molar-refractivity contribution is -0.159. The molecule has 4 N–H and O–H groups in total. The first-order valence-electron chi connectivity index (χ1n) is 9.55. The molecule has 1 saturated heterocycles. The van der Waals surface area contributed by atoms with E-state index in [9.17, 15) is 14.7 Å². The van der Waals surface area contributed by atoms with E-state index in [2.05, 4.69) is 15.6 Å². The molecule has 2 heterocycles. The molecular formula is C19H29N3O6S. The van der Waals surface area contributed by atoms with Gasteiger partial charge in [-0.15, -0.1) is 11.3 Å². The number of thiazole rings is 1. The number of hydrogen-bond acceptors (Lipinski definition) is 7. The van der Waals surface area contributed by atoms with Crippen molar-refractivity contribution >= 4 is 29.6 Å². The minimum absolute atomic E-state index is 0.0568. The average molecular weight is 428 g/mol. The zero-order chi connectivity index (χ0) is 21.6. The number of aryl methyl sites for hydroxylation is 2. The van der Waals surface area contributed by atoms with Gasteiger partial charge in [0.2, 0.25) is 11.8 Å². The smallest absolute Gasteiger partial charge is 0.290 e. The number of aliphatic hydroxyl groups is 1. The average Bonchev–Trinajstić information content (AvgIpc) is 2.97. The molecule has 0 aromatic carbocycles. The van der Waals surface area contributed by atoms with Crippen LogP contribution in [0.3, 0.4) is 0 Å². The van der Waals surface area contributed by atoms with Crippen LogP contribution in [0.4, 0.5) is 0 Å². The van der Waals surface area contributed by atoms with Crippen molar-refractivity contribution in [2.75, 3.05) is 13.2 Å². The maximum atomic E-state index is 12.4. The van der Waals surface area contributed by atoms with Crippen molar-refractivity contribution in [3.8, 4) is 0 Å². The molecule has 0 radical (unpaired) electrons. The van der Waals surface area contributed by atoms with Crippen molar-refractivity contribution in [3.63, 3.8) is 0 Å². The van der Waals surface area contributed by atoms with E-state index in [0.717, 1.165) is 15.6 Å². The molecule has 1 aromatic heterocycles. The third-order valence-electron chi connectivity index (χ3n) is 5.38. The van der Waals surface area contributed by atoms with Gasteiger partial charge in [0.15, 0.2) is 0 Å². The number of nitrogens with one attached hydrogen (secondary N) is 2. The predicted octanol–water partition coefficient (Wildman–Crippen LogP) is 0.759. The molecule has 29 heavy (non-hydrogen) atoms. The fraction of sp³-hybridized carbons (Fsp3) is 0.684. The van der Waals surface area contributed by atoms with Gasteiger partial charge < -0.3 is 25.6 Å². The topological polar surface area (TPSA) is 138 Å². The van der Waals surface area contributed by atoms with Crippen LogP contribution in [0.2, 0.25) is 0 Å². The molecule has 162 valence electrons. The summed E-state index contributed by atoms with van der Waals surface area (Å²) in [5.41, 5.74) is 0.509. The number of ether oxygens (including phenoxy) is 1. The Bertz CT molecular complexity index is 714. The van der Waals surface area contributed by atoms with Gasteiger partial charge in [0, 0.05) is 10.8 Å². The highest BCUT2D eigenvalue weighted by molar-refractivity contribution is 7.11. The van der Waals surface area contributed by atoms with Gasteiger partial charge in [0.1, 0.15) is 5.01 Å². The Morgan fingerprint density at radius 1 is 1.34 bits per heavy atom. The Hall–Kier alpha value is -2.04. The number of nitrogens with zero attached hydrogens (tertiary/aromatic N) is 1. The van der Waals surface area contributed by atoms with E-state index in [1.54, 1.807) is 11.3 Å². The first-order valence-corrected chi connectivity index (χ1v) is 10.4. The molecule has 1 aliphatic carbocycles. The van der Waals surface area contributed by atoms with Crippen LogP contribution in [0.1, 0.15) is 41.8 Å². The number of carbonyl (C=O) groups is 3. The summed E-state index contributed by atoms with van der Waals surface area (Å²) >= 11 is 1.59. The summed E-state index contributed by atoms with van der Waals surface area (Å²) in [5.74, 6) is -0.369. The number of aromatic nitrogens is 1. The minimum Gasteiger partial charge on any atom is -0.483 e. The summed E-state index contributed by atoms with van der Waals surface area (Å²) < 4.78 is 5.12. The normalized spacial score (nSPS) is 25.0. The number of hydrogen-bond donors (Lipinski definition) is 4. The maximum Gasteiger partial charge on any atom is 0.290 e. The molecule has 2 amide bonds. The SMILES string of the molecule is Cc1nc(CNC(=O)[C@H]2CC[C@@H](NC(=O)C3(C)COC3)[C@H](O)C2)sc1C.O=CO. The van der Waals surface area contributed by atoms with Gasteiger partial charge in [-0.3, -0.25) is 14.4 Å². The largest absolute Gasteiger partial charge is 0.483 e. The van der Waals surface area contributed by atoms with Crippen LogP contribution in [-0.4, -0.2) is 58.8 Å². The lowest BCUT2D eigenvalue weighted by Gasteiger charge is -2.39. The van der Waals surface area contributed by atoms with Crippen LogP contribution in [-0.2, 0) is 25.7 Å². The fourth-order valence-electron chi connectivity index (χ4n) is 3.36. The third-order valence-corrected chi connectivity index (χ3v) is 6.45. The van der Waals surface area contributed by atoms with Gasteiger partial charge in [-0.05, 0) is 40.0 Å². The van der Waals surface area contributed by atoms with Crippen molar-refractivity contribution in [3.05, 3.63) is 15.6 Å². The van der Waals surface area contributed by atoms with Crippen molar-refractivity contribution in [2.24, 2.45) is 11.3 Å². The van der Waals surface area contributed by atoms with Crippen molar-refractivity contribution in [1.29, 1.82) is 0 Å². The standard InChI is InChI=1S/C18H27N3O4S.CH2O2/c1-10-11(2)26-15(20-10)7-19-16(23)12-4-5-13(14(22)6-12)21-17(24)18(3)8-25-9-18;2-1-3/h12-14,22H,4-9H2,1-3H3,(H,19,23)(H,21,24);1H,(H,2,3)/t12-,13+,14+;/m0./s1. The summed E-state index contributed by atoms with van der Waals surface area (Å²) in [7, 11) is 0. The number of carbonyl (C=O) groups excluding carboxylic acids is 2. The lowest BCUT2D eigenvalue weighted by atomic mass is 9.81. The van der Waals surface area contributed by atoms with Crippen LogP contribution < -0.4 is 10.6 Å². The number of rotatable bonds is 5. The van der Waals surface area contributed by atoms with E-state index in [1.165, 1.54) is 0 Å². The molecule has 10 heteroatoms. The Kier molecular flexibility index (Phi) is 8.12. The predicted molar refractivity (Wildman–Crippen MR) is 106 cm³/mol. The molecule has 1 aromatic rings. The quantitative estimate of drug-likeness (QED) is 0.509. The molecule has 1 saturated carbocycles. The lowest BCUT2D eigenvalue weighted by Crippen LogP contribution is -2.57. The molecule has 3 rings (SSSR count). The third kappa shape index (κ3) is 5.97. The van der Waals surface area contributed by atoms with Gasteiger partial charge >= 0.3 is 0 Å². The Morgan fingerprint density at radius 3 is 2.48 bits per heavy atom. The van der Waals surface area contributed by atoms with Gasteiger partial charge in [-0.2, -0.15) is 0 Å². The first kappa shape index (κ1) is 23.2. The van der Waals surface area contributed by atoms with Gasteiger partial charge in [-0.1, -0.05) is 0 Å². The number of carboxylic acid groups (broad SMARTS) is 1. The van der Waals surface area contributed by atoms with Crippen LogP contribution in [0.15, 0.2) is 0 Å². The number of amides is 2. The fourth-order valence-corrected chi connectivity index (χ4v) is 4.23. The zero-order valence-electron chi connectivity index (χ0n) is 16.9. The molecular weight excluding hydrogens is 398 g/mol. The van der Waals surface area contributed by atoms with Gasteiger partial charge in [0.05, 0.1) is 43.0 Å². The zero-order valence-corrected chi connectivity index (χ0v) is 17.8. The highest BCUT2D eigenvalue weighted by Crippen LogP contribution is 2.29. The molecule has 0 bridgehead atoms. The highest BCUT2D eigenvalue weighted by Gasteiger charge is 2.43. The second kappa shape index (κ2) is 10.1. The van der Waals surface area contributed by atoms with Crippen molar-refractivity contribution in [1.82, 2.24) is 15.6 Å². The van der Waals surface area contributed by atoms with Crippen LogP contribution >= 0.6 is 11.3 Å². The second-order valence-corrected chi connectivity index (χ2v) is 9.07. The van der Waals surface area contributed by atoms with E-state index >= 15 is 0 Å². The van der Waals surface area contributed by atoms with E-state index in [4.69, 9.17) is 14.6 Å². The molecule has 0 spiro atoms. The monoisotopic (exact) mass is 427 g/mol. The van der Waals surface area contributed by atoms with E-state index < -0.39 is 11.5 Å². The highest BCUT2D eigenvalue weighted by atomic mass is 32.1. The van der Waals surface area contributed by atoms with E-state index in [1.807, 2.05) is 20.8 Å². The summed E-state index contributed by atoms with van der Waals surface area (Å²) in [6, 6.07) is -0.298.